The summed E-state index contributed by atoms with van der Waals surface area (Å²) in [7, 11) is 0. The monoisotopic (exact) mass is 380 g/mol. The largest absolute Gasteiger partial charge is 0.352 e. The van der Waals surface area contributed by atoms with Gasteiger partial charge in [0.1, 0.15) is 6.04 Å². The SMILES string of the molecule is CCC1CCc2sc(C(=O)NNC(=O)C(NC(N)=O)C(C)CC)cc2C1. The molecule has 2 rings (SSSR count). The maximum Gasteiger partial charge on any atom is 0.312 e. The summed E-state index contributed by atoms with van der Waals surface area (Å²) in [4.78, 5) is 37.6. The smallest absolute Gasteiger partial charge is 0.312 e. The Bertz CT molecular complexity index is 673. The van der Waals surface area contributed by atoms with Crippen LogP contribution in [0.15, 0.2) is 6.07 Å². The van der Waals surface area contributed by atoms with Crippen LogP contribution in [0.3, 0.4) is 0 Å². The normalized spacial score (nSPS) is 18.3. The number of fused-ring (bicyclic) bond motifs is 1. The third kappa shape index (κ3) is 4.97. The molecule has 0 radical (unpaired) electrons. The zero-order chi connectivity index (χ0) is 19.3. The van der Waals surface area contributed by atoms with Gasteiger partial charge in [0, 0.05) is 4.88 Å². The number of carbonyl (C=O) groups is 3. The lowest BCUT2D eigenvalue weighted by atomic mass is 9.87. The van der Waals surface area contributed by atoms with Crippen molar-refractivity contribution in [2.45, 2.75) is 58.9 Å². The van der Waals surface area contributed by atoms with Crippen molar-refractivity contribution >= 4 is 29.2 Å². The average molecular weight is 381 g/mol. The predicted molar refractivity (Wildman–Crippen MR) is 102 cm³/mol. The van der Waals surface area contributed by atoms with Crippen LogP contribution in [-0.2, 0) is 17.6 Å². The van der Waals surface area contributed by atoms with Gasteiger partial charge in [-0.2, -0.15) is 0 Å². The summed E-state index contributed by atoms with van der Waals surface area (Å²) in [5, 5.41) is 2.42. The van der Waals surface area contributed by atoms with E-state index >= 15 is 0 Å². The van der Waals surface area contributed by atoms with Gasteiger partial charge in [-0.3, -0.25) is 20.4 Å². The second kappa shape index (κ2) is 9.02. The first-order valence-corrected chi connectivity index (χ1v) is 9.95. The highest BCUT2D eigenvalue weighted by molar-refractivity contribution is 7.14. The number of carbonyl (C=O) groups excluding carboxylic acids is 3. The molecule has 0 spiro atoms. The van der Waals surface area contributed by atoms with Gasteiger partial charge in [-0.15, -0.1) is 11.3 Å². The van der Waals surface area contributed by atoms with Crippen molar-refractivity contribution in [2.24, 2.45) is 17.6 Å². The molecule has 1 heterocycles. The summed E-state index contributed by atoms with van der Waals surface area (Å²) in [6.07, 6.45) is 5.02. The summed E-state index contributed by atoms with van der Waals surface area (Å²) in [5.41, 5.74) is 11.2. The molecule has 0 saturated carbocycles. The molecule has 0 aromatic carbocycles. The van der Waals surface area contributed by atoms with E-state index in [0.29, 0.717) is 17.2 Å². The third-order valence-electron chi connectivity index (χ3n) is 5.08. The number of urea groups is 1. The maximum atomic E-state index is 12.4. The molecule has 1 aromatic rings. The second-order valence-corrected chi connectivity index (χ2v) is 8.03. The van der Waals surface area contributed by atoms with Crippen LogP contribution in [0.25, 0.3) is 0 Å². The molecule has 1 aromatic heterocycles. The van der Waals surface area contributed by atoms with Gasteiger partial charge in [0.15, 0.2) is 0 Å². The van der Waals surface area contributed by atoms with Crippen molar-refractivity contribution in [3.63, 3.8) is 0 Å². The van der Waals surface area contributed by atoms with E-state index < -0.39 is 18.0 Å². The minimum Gasteiger partial charge on any atom is -0.352 e. The van der Waals surface area contributed by atoms with Gasteiger partial charge in [0.25, 0.3) is 11.8 Å². The van der Waals surface area contributed by atoms with Crippen LogP contribution < -0.4 is 21.9 Å². The van der Waals surface area contributed by atoms with Gasteiger partial charge >= 0.3 is 6.03 Å². The quantitative estimate of drug-likeness (QED) is 0.567. The molecule has 26 heavy (non-hydrogen) atoms. The summed E-state index contributed by atoms with van der Waals surface area (Å²) in [6.45, 7) is 5.93. The molecule has 0 aliphatic heterocycles. The molecule has 4 amide bonds. The number of thiophene rings is 1. The molecule has 8 heteroatoms. The minimum absolute atomic E-state index is 0.112. The molecule has 3 atom stereocenters. The van der Waals surface area contributed by atoms with E-state index in [1.54, 1.807) is 0 Å². The molecule has 0 fully saturated rings. The number of primary amides is 1. The Morgan fingerprint density at radius 2 is 2.04 bits per heavy atom. The first kappa shape index (κ1) is 20.2. The van der Waals surface area contributed by atoms with E-state index in [1.165, 1.54) is 21.8 Å². The minimum atomic E-state index is -0.792. The fraction of sp³-hybridized carbons (Fsp3) is 0.611. The summed E-state index contributed by atoms with van der Waals surface area (Å²) in [5.74, 6) is -0.255. The van der Waals surface area contributed by atoms with E-state index in [1.807, 2.05) is 19.9 Å². The number of nitrogens with one attached hydrogen (secondary N) is 3. The highest BCUT2D eigenvalue weighted by Gasteiger charge is 2.26. The number of amides is 4. The summed E-state index contributed by atoms with van der Waals surface area (Å²) in [6, 6.07) is 0.366. The van der Waals surface area contributed by atoms with Gasteiger partial charge in [0.2, 0.25) is 0 Å². The van der Waals surface area contributed by atoms with E-state index in [0.717, 1.165) is 25.7 Å². The fourth-order valence-corrected chi connectivity index (χ4v) is 4.28. The zero-order valence-electron chi connectivity index (χ0n) is 15.6. The van der Waals surface area contributed by atoms with Crippen molar-refractivity contribution in [2.75, 3.05) is 0 Å². The predicted octanol–water partition coefficient (Wildman–Crippen LogP) is 2.11. The molecule has 0 bridgehead atoms. The number of hydrogen-bond acceptors (Lipinski definition) is 4. The van der Waals surface area contributed by atoms with Gasteiger partial charge in [-0.05, 0) is 42.7 Å². The van der Waals surface area contributed by atoms with Crippen LogP contribution in [0.1, 0.15) is 60.1 Å². The van der Waals surface area contributed by atoms with Crippen LogP contribution in [-0.4, -0.2) is 23.9 Å². The number of nitrogens with two attached hydrogens (primary N) is 1. The lowest BCUT2D eigenvalue weighted by Crippen LogP contribution is -2.55. The van der Waals surface area contributed by atoms with Crippen LogP contribution >= 0.6 is 11.3 Å². The molecule has 1 aliphatic rings. The van der Waals surface area contributed by atoms with E-state index in [4.69, 9.17) is 5.73 Å². The summed E-state index contributed by atoms with van der Waals surface area (Å²) >= 11 is 1.48. The Kier molecular flexibility index (Phi) is 7.02. The van der Waals surface area contributed by atoms with Gasteiger partial charge in [-0.25, -0.2) is 4.79 Å². The first-order chi connectivity index (χ1) is 12.3. The van der Waals surface area contributed by atoms with Gasteiger partial charge in [-0.1, -0.05) is 33.6 Å². The van der Waals surface area contributed by atoms with Crippen LogP contribution in [0.2, 0.25) is 0 Å². The van der Waals surface area contributed by atoms with Gasteiger partial charge in [0.05, 0.1) is 4.88 Å². The molecule has 5 N–H and O–H groups in total. The Labute approximate surface area is 158 Å². The molecule has 3 unspecified atom stereocenters. The van der Waals surface area contributed by atoms with E-state index in [-0.39, 0.29) is 11.8 Å². The lowest BCUT2D eigenvalue weighted by Gasteiger charge is -2.22. The maximum absolute atomic E-state index is 12.4. The van der Waals surface area contributed by atoms with Crippen LogP contribution in [0, 0.1) is 11.8 Å². The Morgan fingerprint density at radius 1 is 1.31 bits per heavy atom. The lowest BCUT2D eigenvalue weighted by molar-refractivity contribution is -0.124. The third-order valence-corrected chi connectivity index (χ3v) is 6.31. The number of hydrogen-bond donors (Lipinski definition) is 4. The number of hydrazine groups is 1. The van der Waals surface area contributed by atoms with Crippen molar-refractivity contribution in [1.82, 2.24) is 16.2 Å². The average Bonchev–Trinajstić information content (AvgIpc) is 3.06. The highest BCUT2D eigenvalue weighted by Crippen LogP contribution is 2.33. The van der Waals surface area contributed by atoms with Crippen molar-refractivity contribution in [3.05, 3.63) is 21.4 Å². The summed E-state index contributed by atoms with van der Waals surface area (Å²) < 4.78 is 0. The van der Waals surface area contributed by atoms with Crippen molar-refractivity contribution < 1.29 is 14.4 Å². The number of aryl methyl sites for hydroxylation is 1. The van der Waals surface area contributed by atoms with Crippen LogP contribution in [0.4, 0.5) is 4.79 Å². The van der Waals surface area contributed by atoms with Gasteiger partial charge < -0.3 is 11.1 Å². The molecule has 144 valence electrons. The van der Waals surface area contributed by atoms with Crippen LogP contribution in [0.5, 0.6) is 0 Å². The van der Waals surface area contributed by atoms with E-state index in [9.17, 15) is 14.4 Å². The second-order valence-electron chi connectivity index (χ2n) is 6.89. The fourth-order valence-electron chi connectivity index (χ4n) is 3.17. The molecule has 7 nitrogen and oxygen atoms in total. The Morgan fingerprint density at radius 3 is 2.65 bits per heavy atom. The molecule has 1 aliphatic carbocycles. The molecular formula is C18H28N4O3S. The molecular weight excluding hydrogens is 352 g/mol. The van der Waals surface area contributed by atoms with E-state index in [2.05, 4.69) is 23.1 Å². The number of rotatable bonds is 6. The standard InChI is InChI=1S/C18H28N4O3S/c1-4-10(3)15(20-18(19)25)17(24)22-21-16(23)14-9-12-8-11(5-2)6-7-13(12)26-14/h9-11,15H,4-8H2,1-3H3,(H,21,23)(H,22,24)(H3,19,20,25). The topological polar surface area (TPSA) is 113 Å². The molecule has 0 saturated heterocycles. The van der Waals surface area contributed by atoms with Crippen molar-refractivity contribution in [3.8, 4) is 0 Å². The Balaban J connectivity index is 1.96. The first-order valence-electron chi connectivity index (χ1n) is 9.13. The zero-order valence-corrected chi connectivity index (χ0v) is 16.4. The highest BCUT2D eigenvalue weighted by atomic mass is 32.1. The van der Waals surface area contributed by atoms with Crippen molar-refractivity contribution in [1.29, 1.82) is 0 Å². The Hall–Kier alpha value is -2.09.